The van der Waals surface area contributed by atoms with E-state index in [0.29, 0.717) is 12.1 Å². The predicted octanol–water partition coefficient (Wildman–Crippen LogP) is -0.848. The van der Waals surface area contributed by atoms with Crippen molar-refractivity contribution in [2.45, 2.75) is 63.2 Å². The molecule has 0 radical (unpaired) electrons. The van der Waals surface area contributed by atoms with Crippen LogP contribution in [0.2, 0.25) is 0 Å². The van der Waals surface area contributed by atoms with Gasteiger partial charge in [0, 0.05) is 33.8 Å². The van der Waals surface area contributed by atoms with Crippen molar-refractivity contribution < 1.29 is 66.1 Å². The molecule has 20 heteroatoms. The summed E-state index contributed by atoms with van der Waals surface area (Å²) in [5, 5.41) is 30.7. The summed E-state index contributed by atoms with van der Waals surface area (Å²) < 4.78 is 49.6. The van der Waals surface area contributed by atoms with Crippen molar-refractivity contribution in [3.05, 3.63) is 22.2 Å². The normalized spacial score (nSPS) is 22.0. The van der Waals surface area contributed by atoms with Gasteiger partial charge in [-0.05, 0) is 6.07 Å². The lowest BCUT2D eigenvalue weighted by Crippen LogP contribution is -2.67. The first-order valence-corrected chi connectivity index (χ1v) is 12.9. The van der Waals surface area contributed by atoms with Crippen molar-refractivity contribution in [1.29, 1.82) is 0 Å². The molecule has 1 heterocycles. The van der Waals surface area contributed by atoms with Crippen LogP contribution in [-0.2, 0) is 52.9 Å². The quantitative estimate of drug-likeness (QED) is 0.0875. The third-order valence-corrected chi connectivity index (χ3v) is 6.01. The van der Waals surface area contributed by atoms with Gasteiger partial charge in [0.25, 0.3) is 0 Å². The standard InChI is InChI=1S/C21H26N4O15S/c1-8(26)36-7-15-18(37-9(2)27)19(38-10(3)28)16(20(40-15)39-11(4)29)24-21(31)23-13-5-12(41(22,34)35)6-14(17(13)30)25(32)33/h5-6,15-16,18-20,30H,7H2,1-4H3,(H2,22,34,35)(H2,23,24,31)/t15-,16-,18-,19-,20+/m0/s1. The SMILES string of the molecule is CC(=O)OC[C@@H]1O[C@@H](OC(C)=O)[C@@H](NC(=O)Nc2cc(S(N)(=O)=O)cc([N+](=O)[O-])c2O)[C@H](OC(C)=O)[C@H]1OC(C)=O. The fourth-order valence-corrected chi connectivity index (χ4v) is 4.18. The molecular weight excluding hydrogens is 580 g/mol. The van der Waals surface area contributed by atoms with E-state index in [4.69, 9.17) is 28.8 Å². The number of amides is 2. The number of ether oxygens (including phenoxy) is 5. The van der Waals surface area contributed by atoms with Crippen molar-refractivity contribution in [1.82, 2.24) is 5.32 Å². The van der Waals surface area contributed by atoms with Gasteiger partial charge in [0.15, 0.2) is 12.2 Å². The Labute approximate surface area is 231 Å². The lowest BCUT2D eigenvalue weighted by molar-refractivity contribution is -0.386. The smallest absolute Gasteiger partial charge is 0.319 e. The number of carbonyl (C=O) groups excluding carboxylic acids is 5. The fraction of sp³-hybridized carbons (Fsp3) is 0.476. The van der Waals surface area contributed by atoms with Gasteiger partial charge in [0.05, 0.1) is 15.5 Å². The Kier molecular flexibility index (Phi) is 10.5. The summed E-state index contributed by atoms with van der Waals surface area (Å²) >= 11 is 0. The van der Waals surface area contributed by atoms with Crippen LogP contribution in [0, 0.1) is 10.1 Å². The minimum Gasteiger partial charge on any atom is -0.501 e. The molecule has 1 aromatic carbocycles. The first-order valence-electron chi connectivity index (χ1n) is 11.3. The Hall–Kier alpha value is -4.56. The summed E-state index contributed by atoms with van der Waals surface area (Å²) in [7, 11) is -4.55. The number of esters is 4. The van der Waals surface area contributed by atoms with Crippen LogP contribution < -0.4 is 15.8 Å². The maximum Gasteiger partial charge on any atom is 0.319 e. The van der Waals surface area contributed by atoms with Crippen LogP contribution in [0.3, 0.4) is 0 Å². The number of benzene rings is 1. The van der Waals surface area contributed by atoms with Gasteiger partial charge < -0.3 is 39.4 Å². The van der Waals surface area contributed by atoms with Crippen LogP contribution >= 0.6 is 0 Å². The Morgan fingerprint density at radius 1 is 1.00 bits per heavy atom. The minimum atomic E-state index is -4.55. The molecule has 41 heavy (non-hydrogen) atoms. The first kappa shape index (κ1) is 32.7. The molecule has 0 aromatic heterocycles. The lowest BCUT2D eigenvalue weighted by atomic mass is 9.96. The van der Waals surface area contributed by atoms with Crippen molar-refractivity contribution in [3.8, 4) is 5.75 Å². The van der Waals surface area contributed by atoms with E-state index in [1.165, 1.54) is 0 Å². The van der Waals surface area contributed by atoms with E-state index in [1.807, 2.05) is 5.32 Å². The zero-order chi connectivity index (χ0) is 31.2. The number of hydrogen-bond donors (Lipinski definition) is 4. The maximum atomic E-state index is 13.0. The number of nitro benzene ring substituents is 1. The molecule has 2 rings (SSSR count). The summed E-state index contributed by atoms with van der Waals surface area (Å²) in [5.74, 6) is -4.73. The number of carbonyl (C=O) groups is 5. The predicted molar refractivity (Wildman–Crippen MR) is 130 cm³/mol. The summed E-state index contributed by atoms with van der Waals surface area (Å²) in [6, 6.07) is -1.91. The number of urea groups is 1. The van der Waals surface area contributed by atoms with Crippen molar-refractivity contribution in [2.75, 3.05) is 11.9 Å². The molecular formula is C21H26N4O15S. The topological polar surface area (TPSA) is 279 Å². The molecule has 1 aliphatic rings. The van der Waals surface area contributed by atoms with Gasteiger partial charge in [0.1, 0.15) is 18.8 Å². The highest BCUT2D eigenvalue weighted by Gasteiger charge is 2.52. The average molecular weight is 607 g/mol. The van der Waals surface area contributed by atoms with Gasteiger partial charge in [-0.3, -0.25) is 29.3 Å². The Morgan fingerprint density at radius 3 is 2.05 bits per heavy atom. The Balaban J connectivity index is 2.53. The number of phenols is 1. The molecule has 0 bridgehead atoms. The second-order valence-electron chi connectivity index (χ2n) is 8.37. The molecule has 5 N–H and O–H groups in total. The number of primary sulfonamides is 1. The average Bonchev–Trinajstić information content (AvgIpc) is 2.81. The van der Waals surface area contributed by atoms with Crippen molar-refractivity contribution >= 4 is 51.3 Å². The zero-order valence-electron chi connectivity index (χ0n) is 21.8. The number of aromatic hydroxyl groups is 1. The number of nitro groups is 1. The van der Waals surface area contributed by atoms with Gasteiger partial charge >= 0.3 is 35.6 Å². The van der Waals surface area contributed by atoms with Crippen molar-refractivity contribution in [3.63, 3.8) is 0 Å². The van der Waals surface area contributed by atoms with Crippen LogP contribution in [0.25, 0.3) is 0 Å². The summed E-state index contributed by atoms with van der Waals surface area (Å²) in [6.45, 7) is 3.43. The summed E-state index contributed by atoms with van der Waals surface area (Å²) in [4.78, 5) is 69.2. The molecule has 0 aliphatic carbocycles. The summed E-state index contributed by atoms with van der Waals surface area (Å²) in [6.07, 6.45) is -6.35. The number of hydrogen-bond acceptors (Lipinski definition) is 15. The van der Waals surface area contributed by atoms with Gasteiger partial charge in [-0.15, -0.1) is 0 Å². The van der Waals surface area contributed by atoms with E-state index in [0.717, 1.165) is 27.7 Å². The van der Waals surface area contributed by atoms with E-state index in [9.17, 15) is 47.6 Å². The highest BCUT2D eigenvalue weighted by atomic mass is 32.2. The molecule has 226 valence electrons. The molecule has 1 fully saturated rings. The highest BCUT2D eigenvalue weighted by molar-refractivity contribution is 7.89. The van der Waals surface area contributed by atoms with E-state index in [-0.39, 0.29) is 0 Å². The molecule has 19 nitrogen and oxygen atoms in total. The molecule has 0 saturated carbocycles. The monoisotopic (exact) mass is 606 g/mol. The van der Waals surface area contributed by atoms with Gasteiger partial charge in [-0.1, -0.05) is 0 Å². The largest absolute Gasteiger partial charge is 0.501 e. The number of sulfonamides is 1. The molecule has 5 atom stereocenters. The molecule has 1 saturated heterocycles. The number of nitrogens with one attached hydrogen (secondary N) is 2. The van der Waals surface area contributed by atoms with Crippen LogP contribution in [0.4, 0.5) is 16.2 Å². The minimum absolute atomic E-state index is 0.461. The first-order chi connectivity index (χ1) is 18.9. The summed E-state index contributed by atoms with van der Waals surface area (Å²) in [5.41, 5.74) is -1.90. The number of nitrogens with zero attached hydrogens (tertiary/aromatic N) is 1. The second kappa shape index (κ2) is 13.2. The highest BCUT2D eigenvalue weighted by Crippen LogP contribution is 2.36. The van der Waals surface area contributed by atoms with Crippen LogP contribution in [0.5, 0.6) is 5.75 Å². The molecule has 1 aliphatic heterocycles. The van der Waals surface area contributed by atoms with Gasteiger partial charge in [-0.25, -0.2) is 18.4 Å². The molecule has 1 aromatic rings. The van der Waals surface area contributed by atoms with Gasteiger partial charge in [0.2, 0.25) is 22.1 Å². The lowest BCUT2D eigenvalue weighted by Gasteiger charge is -2.44. The second-order valence-corrected chi connectivity index (χ2v) is 9.93. The molecule has 2 amide bonds. The van der Waals surface area contributed by atoms with Gasteiger partial charge in [-0.2, -0.15) is 0 Å². The van der Waals surface area contributed by atoms with E-state index < -0.39 is 104 Å². The van der Waals surface area contributed by atoms with Crippen LogP contribution in [-0.4, -0.2) is 85.6 Å². The van der Waals surface area contributed by atoms with E-state index in [1.54, 1.807) is 0 Å². The Morgan fingerprint density at radius 2 is 1.56 bits per heavy atom. The number of nitrogens with two attached hydrogens (primary N) is 1. The van der Waals surface area contributed by atoms with Crippen LogP contribution in [0.15, 0.2) is 17.0 Å². The zero-order valence-corrected chi connectivity index (χ0v) is 22.7. The number of anilines is 1. The molecule has 0 unspecified atom stereocenters. The number of phenolic OH excluding ortho intramolecular Hbond substituents is 1. The van der Waals surface area contributed by atoms with E-state index in [2.05, 4.69) is 5.32 Å². The van der Waals surface area contributed by atoms with E-state index >= 15 is 0 Å². The maximum absolute atomic E-state index is 13.0. The number of rotatable bonds is 9. The Bertz CT molecular complexity index is 1350. The third kappa shape index (κ3) is 8.98. The van der Waals surface area contributed by atoms with Crippen LogP contribution in [0.1, 0.15) is 27.7 Å². The third-order valence-electron chi connectivity index (χ3n) is 5.12. The fourth-order valence-electron chi connectivity index (χ4n) is 3.62. The van der Waals surface area contributed by atoms with Crippen molar-refractivity contribution in [2.24, 2.45) is 5.14 Å². The molecule has 0 spiro atoms.